The van der Waals surface area contributed by atoms with E-state index in [1.165, 1.54) is 50.4 Å². The van der Waals surface area contributed by atoms with Crippen LogP contribution < -0.4 is 0 Å². The lowest BCUT2D eigenvalue weighted by atomic mass is 9.93. The van der Waals surface area contributed by atoms with Crippen LogP contribution in [0.4, 0.5) is 0 Å². The zero-order valence-electron chi connectivity index (χ0n) is 32.1. The van der Waals surface area contributed by atoms with Crippen molar-refractivity contribution in [3.8, 4) is 0 Å². The molecule has 0 aromatic heterocycles. The van der Waals surface area contributed by atoms with Gasteiger partial charge in [-0.25, -0.2) is 0 Å². The van der Waals surface area contributed by atoms with Crippen molar-refractivity contribution in [1.82, 2.24) is 14.7 Å². The van der Waals surface area contributed by atoms with Crippen LogP contribution in [-0.4, -0.2) is 111 Å². The standard InChI is InChI=1S/C39H59N3O9S2/c1-5-31(43)13-21-40(22-14-32(44)6-2)37(49)17-25-42(26-18-38(50)41(23-15-33(45)7-3)24-16-34(46)8-4)39(51)30-9-11-35(47)19-27-52-29-53-28-20-36(48)12-10-30/h19-20,27-28,30H,5-18,21-26,29H2,1-4H3. The first kappa shape index (κ1) is 47.6. The molecule has 14 heteroatoms. The first-order chi connectivity index (χ1) is 25.3. The Hall–Kier alpha value is -3.39. The molecule has 12 nitrogen and oxygen atoms in total. The summed E-state index contributed by atoms with van der Waals surface area (Å²) in [5, 5.41) is 4.03. The Kier molecular flexibility index (Phi) is 25.3. The molecule has 0 aromatic carbocycles. The summed E-state index contributed by atoms with van der Waals surface area (Å²) in [4.78, 5) is 119. The minimum Gasteiger partial charge on any atom is -0.342 e. The van der Waals surface area contributed by atoms with Gasteiger partial charge in [-0.3, -0.25) is 43.2 Å². The molecular weight excluding hydrogens is 719 g/mol. The molecule has 0 unspecified atom stereocenters. The average molecular weight is 778 g/mol. The first-order valence-corrected chi connectivity index (χ1v) is 21.0. The van der Waals surface area contributed by atoms with E-state index in [0.717, 1.165) is 0 Å². The maximum absolute atomic E-state index is 14.3. The fraction of sp³-hybridized carbons (Fsp3) is 0.667. The van der Waals surface area contributed by atoms with Crippen LogP contribution in [-0.2, 0) is 43.2 Å². The number of Topliss-reactive ketones (excluding diaryl/α,β-unsaturated/α-hetero) is 4. The van der Waals surface area contributed by atoms with Gasteiger partial charge < -0.3 is 14.7 Å². The van der Waals surface area contributed by atoms with Crippen molar-refractivity contribution in [2.75, 3.05) is 44.4 Å². The van der Waals surface area contributed by atoms with Crippen molar-refractivity contribution in [3.63, 3.8) is 0 Å². The second-order valence-corrected chi connectivity index (χ2v) is 15.1. The second kappa shape index (κ2) is 28.1. The van der Waals surface area contributed by atoms with Crippen molar-refractivity contribution < 1.29 is 43.2 Å². The fourth-order valence-corrected chi connectivity index (χ4v) is 6.83. The largest absolute Gasteiger partial charge is 0.342 e. The van der Waals surface area contributed by atoms with E-state index in [2.05, 4.69) is 0 Å². The SMILES string of the molecule is CCC(=O)CCN(CCC(=O)CC)C(=O)CCN(CCC(=O)N(CCC(=O)CC)CCC(=O)CC)C(=O)C1CCC(=O)C=CSCSC=CC(=O)CC1. The molecule has 0 aliphatic carbocycles. The highest BCUT2D eigenvalue weighted by Gasteiger charge is 2.28. The first-order valence-electron chi connectivity index (χ1n) is 18.9. The van der Waals surface area contributed by atoms with Gasteiger partial charge in [0.25, 0.3) is 0 Å². The molecule has 1 rings (SSSR count). The molecule has 0 bridgehead atoms. The number of allylic oxidation sites excluding steroid dienone is 2. The smallest absolute Gasteiger partial charge is 0.225 e. The molecular formula is C39H59N3O9S2. The van der Waals surface area contributed by atoms with Gasteiger partial charge in [0.15, 0.2) is 11.6 Å². The van der Waals surface area contributed by atoms with Crippen LogP contribution in [0.15, 0.2) is 23.0 Å². The third-order valence-corrected chi connectivity index (χ3v) is 10.8. The maximum atomic E-state index is 14.3. The number of hydrogen-bond donors (Lipinski definition) is 0. The molecule has 0 saturated heterocycles. The van der Waals surface area contributed by atoms with Crippen molar-refractivity contribution in [2.24, 2.45) is 5.92 Å². The molecule has 1 aliphatic rings. The van der Waals surface area contributed by atoms with Gasteiger partial charge in [-0.2, -0.15) is 0 Å². The highest BCUT2D eigenvalue weighted by molar-refractivity contribution is 8.18. The Morgan fingerprint density at radius 1 is 0.528 bits per heavy atom. The van der Waals surface area contributed by atoms with Crippen LogP contribution in [0, 0.1) is 5.92 Å². The van der Waals surface area contributed by atoms with Gasteiger partial charge in [-0.05, 0) is 35.8 Å². The van der Waals surface area contributed by atoms with Crippen molar-refractivity contribution in [2.45, 2.75) is 118 Å². The Balaban J connectivity index is 3.35. The number of rotatable bonds is 23. The lowest BCUT2D eigenvalue weighted by molar-refractivity contribution is -0.138. The Labute approximate surface area is 323 Å². The van der Waals surface area contributed by atoms with Crippen molar-refractivity contribution in [1.29, 1.82) is 0 Å². The van der Waals surface area contributed by atoms with E-state index >= 15 is 0 Å². The Morgan fingerprint density at radius 3 is 1.17 bits per heavy atom. The molecule has 296 valence electrons. The highest BCUT2D eigenvalue weighted by atomic mass is 32.2. The molecule has 0 fully saturated rings. The van der Waals surface area contributed by atoms with Crippen LogP contribution in [0.5, 0.6) is 0 Å². The van der Waals surface area contributed by atoms with Gasteiger partial charge in [-0.15, -0.1) is 23.5 Å². The molecule has 1 aliphatic heterocycles. The minimum atomic E-state index is -0.737. The molecule has 1 heterocycles. The molecule has 53 heavy (non-hydrogen) atoms. The Morgan fingerprint density at radius 2 is 0.849 bits per heavy atom. The number of hydrogen-bond acceptors (Lipinski definition) is 11. The van der Waals surface area contributed by atoms with Gasteiger partial charge in [0.1, 0.15) is 23.1 Å². The molecule has 0 spiro atoms. The van der Waals surface area contributed by atoms with E-state index in [0.29, 0.717) is 30.8 Å². The number of ketones is 6. The monoisotopic (exact) mass is 777 g/mol. The molecule has 0 atom stereocenters. The third-order valence-electron chi connectivity index (χ3n) is 9.09. The van der Waals surface area contributed by atoms with Gasteiger partial charge in [0, 0.05) is 127 Å². The number of amides is 3. The minimum absolute atomic E-state index is 0.0226. The van der Waals surface area contributed by atoms with Gasteiger partial charge >= 0.3 is 0 Å². The summed E-state index contributed by atoms with van der Waals surface area (Å²) in [5.41, 5.74) is 0. The molecule has 3 amide bonds. The zero-order chi connectivity index (χ0) is 39.6. The predicted molar refractivity (Wildman–Crippen MR) is 209 cm³/mol. The summed E-state index contributed by atoms with van der Waals surface area (Å²) in [6, 6.07) is 0. The van der Waals surface area contributed by atoms with E-state index in [1.807, 2.05) is 0 Å². The number of carbonyl (C=O) groups excluding carboxylic acids is 9. The summed E-state index contributed by atoms with van der Waals surface area (Å²) in [6.45, 7) is 7.37. The van der Waals surface area contributed by atoms with Gasteiger partial charge in [0.2, 0.25) is 17.7 Å². The topological polar surface area (TPSA) is 163 Å². The molecule has 0 saturated carbocycles. The van der Waals surface area contributed by atoms with Crippen LogP contribution in [0.1, 0.15) is 118 Å². The summed E-state index contributed by atoms with van der Waals surface area (Å²) >= 11 is 2.84. The fourth-order valence-electron chi connectivity index (χ4n) is 5.39. The molecule has 0 N–H and O–H groups in total. The van der Waals surface area contributed by atoms with Crippen LogP contribution >= 0.6 is 23.5 Å². The van der Waals surface area contributed by atoms with E-state index in [-0.39, 0.29) is 150 Å². The zero-order valence-corrected chi connectivity index (χ0v) is 33.7. The average Bonchev–Trinajstić information content (AvgIpc) is 3.15. The van der Waals surface area contributed by atoms with E-state index < -0.39 is 11.8 Å². The normalized spacial score (nSPS) is 15.4. The third kappa shape index (κ3) is 21.2. The number of carbonyl (C=O) groups is 9. The number of nitrogens with zero attached hydrogens (tertiary/aromatic N) is 3. The summed E-state index contributed by atoms with van der Waals surface area (Å²) in [5.74, 6) is -2.23. The van der Waals surface area contributed by atoms with Crippen LogP contribution in [0.3, 0.4) is 0 Å². The van der Waals surface area contributed by atoms with E-state index in [1.54, 1.807) is 38.5 Å². The summed E-state index contributed by atoms with van der Waals surface area (Å²) in [6.07, 6.45) is 5.01. The van der Waals surface area contributed by atoms with Crippen molar-refractivity contribution >= 4 is 75.9 Å². The number of thioether (sulfide) groups is 2. The molecule has 0 aromatic rings. The highest BCUT2D eigenvalue weighted by Crippen LogP contribution is 2.21. The second-order valence-electron chi connectivity index (χ2n) is 12.9. The predicted octanol–water partition coefficient (Wildman–Crippen LogP) is 5.51. The van der Waals surface area contributed by atoms with Crippen molar-refractivity contribution in [3.05, 3.63) is 23.0 Å². The molecule has 0 radical (unpaired) electrons. The van der Waals surface area contributed by atoms with E-state index in [4.69, 9.17) is 0 Å². The van der Waals surface area contributed by atoms with Gasteiger partial charge in [0.05, 0.1) is 0 Å². The maximum Gasteiger partial charge on any atom is 0.225 e. The van der Waals surface area contributed by atoms with Gasteiger partial charge in [-0.1, -0.05) is 27.7 Å². The Bertz CT molecular complexity index is 1200. The quantitative estimate of drug-likeness (QED) is 0.129. The van der Waals surface area contributed by atoms with Crippen LogP contribution in [0.2, 0.25) is 0 Å². The van der Waals surface area contributed by atoms with Crippen LogP contribution in [0.25, 0.3) is 0 Å². The summed E-state index contributed by atoms with van der Waals surface area (Å²) in [7, 11) is 0. The lowest BCUT2D eigenvalue weighted by Crippen LogP contribution is -2.43. The van der Waals surface area contributed by atoms with E-state index in [9.17, 15) is 43.2 Å². The summed E-state index contributed by atoms with van der Waals surface area (Å²) < 4.78 is 0. The lowest BCUT2D eigenvalue weighted by Gasteiger charge is -2.30.